The van der Waals surface area contributed by atoms with Crippen LogP contribution in [0.15, 0.2) is 0 Å². The van der Waals surface area contributed by atoms with Crippen LogP contribution in [0.3, 0.4) is 0 Å². The summed E-state index contributed by atoms with van der Waals surface area (Å²) in [5.74, 6) is 2.47. The van der Waals surface area contributed by atoms with E-state index >= 15 is 0 Å². The van der Waals surface area contributed by atoms with Crippen LogP contribution < -0.4 is 0 Å². The Hall–Kier alpha value is 0.700. The summed E-state index contributed by atoms with van der Waals surface area (Å²) in [6, 6.07) is 0. The molecule has 16 heavy (non-hydrogen) atoms. The van der Waals surface area contributed by atoms with E-state index in [1.165, 1.54) is 76.4 Å². The fourth-order valence-corrected chi connectivity index (χ4v) is 6.21. The molecular formula is C14H26S2. The predicted octanol–water partition coefficient (Wildman–Crippen LogP) is 5.67. The van der Waals surface area contributed by atoms with Crippen molar-refractivity contribution >= 4 is 21.6 Å². The Morgan fingerprint density at radius 3 is 1.94 bits per heavy atom. The van der Waals surface area contributed by atoms with E-state index in [4.69, 9.17) is 0 Å². The van der Waals surface area contributed by atoms with Crippen molar-refractivity contribution in [3.8, 4) is 0 Å². The number of rotatable bonds is 4. The van der Waals surface area contributed by atoms with E-state index in [9.17, 15) is 0 Å². The molecule has 0 atom stereocenters. The van der Waals surface area contributed by atoms with Crippen LogP contribution in [0.25, 0.3) is 0 Å². The zero-order valence-electron chi connectivity index (χ0n) is 10.5. The summed E-state index contributed by atoms with van der Waals surface area (Å²) in [6.45, 7) is 0. The Morgan fingerprint density at radius 1 is 0.688 bits per heavy atom. The molecule has 0 aromatic carbocycles. The summed E-state index contributed by atoms with van der Waals surface area (Å²) in [6.07, 6.45) is 16.5. The normalized spacial score (nSPS) is 25.5. The van der Waals surface area contributed by atoms with Crippen molar-refractivity contribution in [1.29, 1.82) is 0 Å². The highest BCUT2D eigenvalue weighted by atomic mass is 33.1. The van der Waals surface area contributed by atoms with Gasteiger partial charge in [0, 0.05) is 11.0 Å². The summed E-state index contributed by atoms with van der Waals surface area (Å²) in [4.78, 5) is 0. The Kier molecular flexibility index (Phi) is 6.50. The lowest BCUT2D eigenvalue weighted by Crippen LogP contribution is -2.06. The van der Waals surface area contributed by atoms with E-state index in [1.807, 2.05) is 0 Å². The van der Waals surface area contributed by atoms with Crippen LogP contribution in [0.5, 0.6) is 0 Å². The third kappa shape index (κ3) is 4.91. The van der Waals surface area contributed by atoms with Crippen molar-refractivity contribution in [1.82, 2.24) is 0 Å². The zero-order chi connectivity index (χ0) is 11.1. The summed E-state index contributed by atoms with van der Waals surface area (Å²) < 4.78 is 0. The van der Waals surface area contributed by atoms with Crippen LogP contribution in [-0.2, 0) is 0 Å². The van der Waals surface area contributed by atoms with Gasteiger partial charge in [0.1, 0.15) is 0 Å². The van der Waals surface area contributed by atoms with E-state index in [2.05, 4.69) is 21.6 Å². The van der Waals surface area contributed by atoms with Gasteiger partial charge in [0.15, 0.2) is 0 Å². The van der Waals surface area contributed by atoms with Gasteiger partial charge < -0.3 is 0 Å². The van der Waals surface area contributed by atoms with Gasteiger partial charge in [-0.2, -0.15) is 0 Å². The molecule has 0 radical (unpaired) electrons. The molecule has 0 aromatic rings. The lowest BCUT2D eigenvalue weighted by molar-refractivity contribution is 0.409. The maximum atomic E-state index is 2.21. The van der Waals surface area contributed by atoms with Crippen molar-refractivity contribution in [2.45, 2.75) is 75.9 Å². The van der Waals surface area contributed by atoms with Crippen LogP contribution in [0.2, 0.25) is 0 Å². The molecule has 2 heteroatoms. The van der Waals surface area contributed by atoms with Crippen molar-refractivity contribution in [3.63, 3.8) is 0 Å². The van der Waals surface area contributed by atoms with Gasteiger partial charge in [0.2, 0.25) is 0 Å². The maximum Gasteiger partial charge on any atom is 0.0151 e. The molecule has 2 aliphatic carbocycles. The van der Waals surface area contributed by atoms with E-state index in [1.54, 1.807) is 0 Å². The van der Waals surface area contributed by atoms with Gasteiger partial charge in [-0.25, -0.2) is 0 Å². The second-order valence-electron chi connectivity index (χ2n) is 5.50. The topological polar surface area (TPSA) is 0 Å². The first kappa shape index (κ1) is 13.1. The monoisotopic (exact) mass is 258 g/mol. The Balaban J connectivity index is 1.56. The third-order valence-electron chi connectivity index (χ3n) is 4.03. The zero-order valence-corrected chi connectivity index (χ0v) is 12.1. The smallest absolute Gasteiger partial charge is 0.0151 e. The van der Waals surface area contributed by atoms with Gasteiger partial charge in [-0.1, -0.05) is 66.5 Å². The van der Waals surface area contributed by atoms with E-state index in [0.717, 1.165) is 11.2 Å². The van der Waals surface area contributed by atoms with Crippen LogP contribution >= 0.6 is 21.6 Å². The molecule has 0 spiro atoms. The Labute approximate surface area is 109 Å². The number of hydrogen-bond donors (Lipinski definition) is 0. The predicted molar refractivity (Wildman–Crippen MR) is 78.1 cm³/mol. The second-order valence-corrected chi connectivity index (χ2v) is 8.21. The van der Waals surface area contributed by atoms with Crippen molar-refractivity contribution < 1.29 is 0 Å². The highest BCUT2D eigenvalue weighted by Crippen LogP contribution is 2.39. The lowest BCUT2D eigenvalue weighted by Gasteiger charge is -2.19. The molecule has 0 bridgehead atoms. The minimum Gasteiger partial charge on any atom is -0.0936 e. The molecule has 2 rings (SSSR count). The first-order valence-corrected chi connectivity index (χ1v) is 9.61. The average molecular weight is 258 g/mol. The summed E-state index contributed by atoms with van der Waals surface area (Å²) in [7, 11) is 4.40. The number of hydrogen-bond acceptors (Lipinski definition) is 2. The lowest BCUT2D eigenvalue weighted by atomic mass is 9.93. The highest BCUT2D eigenvalue weighted by molar-refractivity contribution is 8.76. The quantitative estimate of drug-likeness (QED) is 0.596. The minimum absolute atomic E-state index is 0.999. The molecule has 2 aliphatic rings. The van der Waals surface area contributed by atoms with Crippen LogP contribution in [-0.4, -0.2) is 11.0 Å². The van der Waals surface area contributed by atoms with E-state index in [0.29, 0.717) is 0 Å². The molecule has 94 valence electrons. The first-order chi connectivity index (χ1) is 7.95. The molecule has 0 aliphatic heterocycles. The molecule has 2 fully saturated rings. The highest BCUT2D eigenvalue weighted by Gasteiger charge is 2.17. The van der Waals surface area contributed by atoms with Gasteiger partial charge in [-0.05, 0) is 31.6 Å². The summed E-state index contributed by atoms with van der Waals surface area (Å²) in [5.41, 5.74) is 0. The van der Waals surface area contributed by atoms with Crippen LogP contribution in [0.4, 0.5) is 0 Å². The minimum atomic E-state index is 0.999. The Morgan fingerprint density at radius 2 is 1.25 bits per heavy atom. The first-order valence-electron chi connectivity index (χ1n) is 7.23. The summed E-state index contributed by atoms with van der Waals surface area (Å²) in [5, 5.41) is 0.999. The molecule has 0 heterocycles. The standard InChI is InChI=1S/C14H26S2/c1-2-4-8-13(9-5-3-1)12-15-16-14-10-6-7-11-14/h13-14H,1-12H2. The van der Waals surface area contributed by atoms with Crippen LogP contribution in [0.1, 0.15) is 70.6 Å². The largest absolute Gasteiger partial charge is 0.0936 e. The van der Waals surface area contributed by atoms with Crippen molar-refractivity contribution in [2.24, 2.45) is 5.92 Å². The van der Waals surface area contributed by atoms with E-state index < -0.39 is 0 Å². The molecule has 2 saturated carbocycles. The average Bonchev–Trinajstić information content (AvgIpc) is 2.73. The molecule has 0 nitrogen and oxygen atoms in total. The fourth-order valence-electron chi connectivity index (χ4n) is 2.92. The molecule has 0 aromatic heterocycles. The van der Waals surface area contributed by atoms with Gasteiger partial charge in [0.05, 0.1) is 0 Å². The molecule has 0 saturated heterocycles. The van der Waals surface area contributed by atoms with Crippen molar-refractivity contribution in [3.05, 3.63) is 0 Å². The van der Waals surface area contributed by atoms with Crippen molar-refractivity contribution in [2.75, 3.05) is 5.75 Å². The molecule has 0 N–H and O–H groups in total. The molecule has 0 amide bonds. The summed E-state index contributed by atoms with van der Waals surface area (Å²) >= 11 is 0. The van der Waals surface area contributed by atoms with Gasteiger partial charge in [-0.3, -0.25) is 0 Å². The molecule has 0 unspecified atom stereocenters. The third-order valence-corrected chi connectivity index (χ3v) is 7.15. The van der Waals surface area contributed by atoms with Crippen LogP contribution in [0, 0.1) is 5.92 Å². The Bertz CT molecular complexity index is 168. The second kappa shape index (κ2) is 7.92. The van der Waals surface area contributed by atoms with Gasteiger partial charge in [0.25, 0.3) is 0 Å². The van der Waals surface area contributed by atoms with Gasteiger partial charge in [-0.15, -0.1) is 0 Å². The van der Waals surface area contributed by atoms with Gasteiger partial charge >= 0.3 is 0 Å². The van der Waals surface area contributed by atoms with E-state index in [-0.39, 0.29) is 0 Å². The molecular weight excluding hydrogens is 232 g/mol. The maximum absolute atomic E-state index is 2.21. The SMILES string of the molecule is C1CCCC(CSSC2CCCC2)CCC1. The fraction of sp³-hybridized carbons (Fsp3) is 1.00.